The molecule has 0 aliphatic heterocycles. The Morgan fingerprint density at radius 1 is 0.974 bits per heavy atom. The van der Waals surface area contributed by atoms with Gasteiger partial charge < -0.3 is 34.1 Å². The van der Waals surface area contributed by atoms with E-state index in [0.29, 0.717) is 17.1 Å². The highest BCUT2D eigenvalue weighted by molar-refractivity contribution is 5.92. The Morgan fingerprint density at radius 2 is 1.69 bits per heavy atom. The Hall–Kier alpha value is -3.56. The number of nitrogens with one attached hydrogen (secondary N) is 2. The number of hydrogen-bond acceptors (Lipinski definition) is 6. The lowest BCUT2D eigenvalue weighted by Gasteiger charge is -2.35. The van der Waals surface area contributed by atoms with Crippen molar-refractivity contribution < 1.29 is 28.5 Å². The summed E-state index contributed by atoms with van der Waals surface area (Å²) in [5.41, 5.74) is 2.41. The first-order valence-corrected chi connectivity index (χ1v) is 13.4. The van der Waals surface area contributed by atoms with Crippen molar-refractivity contribution in [1.82, 2.24) is 15.2 Å². The standard InChI is InChI=1S/C30H39N3O6/c1-36-25-15-14-20(16-26(25)37-2)29(30(35)32-22-10-6-5-7-11-22)33(19-28(38-3)39-4)27(34)17-21-18-31-24-13-9-8-12-23(21)24/h8-9,12-16,18,22,28-29,31H,5-7,10-11,17,19H2,1-4H3,(H,32,35). The SMILES string of the molecule is COc1ccc(C(C(=O)NC2CCCCC2)N(CC(OC)OC)C(=O)Cc2c[nH]c3ccccc23)cc1OC. The summed E-state index contributed by atoms with van der Waals surface area (Å²) in [4.78, 5) is 32.9. The van der Waals surface area contributed by atoms with Gasteiger partial charge in [0.05, 0.1) is 27.2 Å². The Balaban J connectivity index is 1.74. The summed E-state index contributed by atoms with van der Waals surface area (Å²) in [5, 5.41) is 4.19. The van der Waals surface area contributed by atoms with Crippen molar-refractivity contribution in [3.63, 3.8) is 0 Å². The van der Waals surface area contributed by atoms with E-state index in [2.05, 4.69) is 10.3 Å². The van der Waals surface area contributed by atoms with Gasteiger partial charge >= 0.3 is 0 Å². The van der Waals surface area contributed by atoms with Crippen molar-refractivity contribution in [3.05, 3.63) is 59.8 Å². The van der Waals surface area contributed by atoms with Gasteiger partial charge in [-0.1, -0.05) is 43.5 Å². The molecular formula is C30H39N3O6. The average Bonchev–Trinajstić information content (AvgIpc) is 3.37. The van der Waals surface area contributed by atoms with Crippen molar-refractivity contribution in [2.24, 2.45) is 0 Å². The summed E-state index contributed by atoms with van der Waals surface area (Å²) in [6.45, 7) is 0.0608. The van der Waals surface area contributed by atoms with E-state index in [-0.39, 0.29) is 30.8 Å². The second kappa shape index (κ2) is 13.5. The van der Waals surface area contributed by atoms with E-state index in [0.717, 1.165) is 42.1 Å². The normalized spacial score (nSPS) is 14.8. The van der Waals surface area contributed by atoms with E-state index in [9.17, 15) is 9.59 Å². The zero-order valence-electron chi connectivity index (χ0n) is 23.2. The summed E-state index contributed by atoms with van der Waals surface area (Å²) >= 11 is 0. The first kappa shape index (κ1) is 28.4. The number of ether oxygens (including phenoxy) is 4. The molecule has 0 spiro atoms. The quantitative estimate of drug-likeness (QED) is 0.333. The van der Waals surface area contributed by atoms with Crippen LogP contribution in [-0.4, -0.2) is 69.0 Å². The van der Waals surface area contributed by atoms with Crippen LogP contribution in [0.3, 0.4) is 0 Å². The number of carbonyl (C=O) groups excluding carboxylic acids is 2. The van der Waals surface area contributed by atoms with Crippen LogP contribution in [0, 0.1) is 0 Å². The van der Waals surface area contributed by atoms with E-state index in [1.807, 2.05) is 30.5 Å². The fourth-order valence-corrected chi connectivity index (χ4v) is 5.32. The van der Waals surface area contributed by atoms with Gasteiger partial charge in [0.1, 0.15) is 6.04 Å². The monoisotopic (exact) mass is 537 g/mol. The smallest absolute Gasteiger partial charge is 0.247 e. The van der Waals surface area contributed by atoms with Crippen LogP contribution in [0.15, 0.2) is 48.7 Å². The first-order chi connectivity index (χ1) is 19.0. The number of aromatic amines is 1. The molecule has 3 aromatic rings. The number of rotatable bonds is 12. The molecule has 2 N–H and O–H groups in total. The molecule has 0 saturated heterocycles. The maximum atomic E-state index is 14.1. The molecule has 1 saturated carbocycles. The van der Waals surface area contributed by atoms with Gasteiger partial charge in [-0.15, -0.1) is 0 Å². The predicted molar refractivity (Wildman–Crippen MR) is 149 cm³/mol. The van der Waals surface area contributed by atoms with Crippen LogP contribution < -0.4 is 14.8 Å². The Bertz CT molecular complexity index is 1250. The molecule has 1 heterocycles. The molecule has 9 nitrogen and oxygen atoms in total. The molecule has 1 aliphatic rings. The van der Waals surface area contributed by atoms with E-state index in [1.165, 1.54) is 20.6 Å². The van der Waals surface area contributed by atoms with Crippen LogP contribution in [0.25, 0.3) is 10.9 Å². The molecule has 1 fully saturated rings. The van der Waals surface area contributed by atoms with Gasteiger partial charge in [-0.25, -0.2) is 0 Å². The third kappa shape index (κ3) is 6.72. The second-order valence-corrected chi connectivity index (χ2v) is 9.84. The maximum Gasteiger partial charge on any atom is 0.247 e. The maximum absolute atomic E-state index is 14.1. The summed E-state index contributed by atoms with van der Waals surface area (Å²) in [6.07, 6.45) is 6.39. The topological polar surface area (TPSA) is 102 Å². The van der Waals surface area contributed by atoms with Gasteiger partial charge in [0.25, 0.3) is 0 Å². The molecule has 4 rings (SSSR count). The van der Waals surface area contributed by atoms with Crippen molar-refractivity contribution >= 4 is 22.7 Å². The third-order valence-corrected chi connectivity index (χ3v) is 7.44. The molecule has 9 heteroatoms. The number of carbonyl (C=O) groups is 2. The third-order valence-electron chi connectivity index (χ3n) is 7.44. The van der Waals surface area contributed by atoms with Crippen LogP contribution in [0.2, 0.25) is 0 Å². The summed E-state index contributed by atoms with van der Waals surface area (Å²) in [7, 11) is 6.14. The Labute approximate surface area is 229 Å². The minimum Gasteiger partial charge on any atom is -0.493 e. The van der Waals surface area contributed by atoms with E-state index >= 15 is 0 Å². The van der Waals surface area contributed by atoms with Crippen LogP contribution in [0.4, 0.5) is 0 Å². The van der Waals surface area contributed by atoms with Gasteiger partial charge in [-0.05, 0) is 42.2 Å². The van der Waals surface area contributed by atoms with E-state index in [4.69, 9.17) is 18.9 Å². The van der Waals surface area contributed by atoms with Gasteiger partial charge in [0, 0.05) is 37.4 Å². The largest absolute Gasteiger partial charge is 0.493 e. The van der Waals surface area contributed by atoms with E-state index in [1.54, 1.807) is 37.3 Å². The second-order valence-electron chi connectivity index (χ2n) is 9.84. The molecule has 0 radical (unpaired) electrons. The number of hydrogen-bond donors (Lipinski definition) is 2. The van der Waals surface area contributed by atoms with Crippen molar-refractivity contribution in [3.8, 4) is 11.5 Å². The fourth-order valence-electron chi connectivity index (χ4n) is 5.32. The highest BCUT2D eigenvalue weighted by Gasteiger charge is 2.35. The molecule has 1 aliphatic carbocycles. The van der Waals surface area contributed by atoms with Gasteiger partial charge in [0.15, 0.2) is 17.8 Å². The zero-order valence-corrected chi connectivity index (χ0v) is 23.2. The number of nitrogens with zero attached hydrogens (tertiary/aromatic N) is 1. The average molecular weight is 538 g/mol. The number of benzene rings is 2. The molecule has 210 valence electrons. The van der Waals surface area contributed by atoms with Crippen molar-refractivity contribution in [1.29, 1.82) is 0 Å². The number of methoxy groups -OCH3 is 4. The molecular weight excluding hydrogens is 498 g/mol. The van der Waals surface area contributed by atoms with Gasteiger partial charge in [-0.3, -0.25) is 9.59 Å². The summed E-state index contributed by atoms with van der Waals surface area (Å²) < 4.78 is 21.9. The van der Waals surface area contributed by atoms with Gasteiger partial charge in [0.2, 0.25) is 11.8 Å². The van der Waals surface area contributed by atoms with Crippen molar-refractivity contribution in [2.75, 3.05) is 35.0 Å². The van der Waals surface area contributed by atoms with E-state index < -0.39 is 12.3 Å². The predicted octanol–water partition coefficient (Wildman–Crippen LogP) is 4.37. The molecule has 0 bridgehead atoms. The summed E-state index contributed by atoms with van der Waals surface area (Å²) in [5.74, 6) is 0.547. The minimum absolute atomic E-state index is 0.0608. The highest BCUT2D eigenvalue weighted by Crippen LogP contribution is 2.33. The Kier molecular flexibility index (Phi) is 9.84. The first-order valence-electron chi connectivity index (χ1n) is 13.4. The number of fused-ring (bicyclic) bond motifs is 1. The lowest BCUT2D eigenvalue weighted by molar-refractivity contribution is -0.154. The van der Waals surface area contributed by atoms with Gasteiger partial charge in [-0.2, -0.15) is 0 Å². The lowest BCUT2D eigenvalue weighted by Crippen LogP contribution is -2.50. The molecule has 1 unspecified atom stereocenters. The Morgan fingerprint density at radius 3 is 2.38 bits per heavy atom. The van der Waals surface area contributed by atoms with Crippen LogP contribution in [0.1, 0.15) is 49.3 Å². The van der Waals surface area contributed by atoms with Crippen LogP contribution in [-0.2, 0) is 25.5 Å². The fraction of sp³-hybridized carbons (Fsp3) is 0.467. The number of para-hydroxylation sites is 1. The number of H-pyrrole nitrogens is 1. The summed E-state index contributed by atoms with van der Waals surface area (Å²) in [6, 6.07) is 12.3. The minimum atomic E-state index is -0.933. The molecule has 39 heavy (non-hydrogen) atoms. The lowest BCUT2D eigenvalue weighted by atomic mass is 9.94. The number of aromatic nitrogens is 1. The van der Waals surface area contributed by atoms with Crippen LogP contribution in [0.5, 0.6) is 11.5 Å². The molecule has 1 aromatic heterocycles. The molecule has 1 atom stereocenters. The zero-order chi connectivity index (χ0) is 27.8. The van der Waals surface area contributed by atoms with Crippen molar-refractivity contribution in [2.45, 2.75) is 56.9 Å². The highest BCUT2D eigenvalue weighted by atomic mass is 16.7. The number of amides is 2. The molecule has 2 aromatic carbocycles. The molecule has 2 amide bonds. The van der Waals surface area contributed by atoms with Crippen LogP contribution >= 0.6 is 0 Å².